The van der Waals surface area contributed by atoms with E-state index in [1.165, 1.54) is 20.4 Å². The monoisotopic (exact) mass is 291 g/mol. The molecule has 1 heterocycles. The highest BCUT2D eigenvalue weighted by molar-refractivity contribution is 6.32. The molecule has 1 aromatic heterocycles. The first kappa shape index (κ1) is 13.9. The van der Waals surface area contributed by atoms with Crippen LogP contribution in [0.5, 0.6) is 11.5 Å². The zero-order valence-electron chi connectivity index (χ0n) is 10.7. The van der Waals surface area contributed by atoms with E-state index in [9.17, 15) is 4.79 Å². The lowest BCUT2D eigenvalue weighted by atomic mass is 10.2. The summed E-state index contributed by atoms with van der Waals surface area (Å²) in [7, 11) is 2.96. The van der Waals surface area contributed by atoms with Gasteiger partial charge in [-0.25, -0.2) is 4.98 Å². The Labute approximate surface area is 119 Å². The van der Waals surface area contributed by atoms with Gasteiger partial charge in [-0.1, -0.05) is 11.6 Å². The molecule has 1 aromatic carbocycles. The quantitative estimate of drug-likeness (QED) is 0.934. The summed E-state index contributed by atoms with van der Waals surface area (Å²) in [6, 6.07) is 4.97. The number of methoxy groups -OCH3 is 2. The van der Waals surface area contributed by atoms with Crippen molar-refractivity contribution in [2.24, 2.45) is 0 Å². The fourth-order valence-corrected chi connectivity index (χ4v) is 1.96. The number of benzene rings is 1. The molecule has 2 rings (SSSR count). The maximum Gasteiger partial charge on any atom is 0.269 e. The SMILES string of the molecule is COc1cc(-c2ncc(C#N)c(=O)[nH]2)cc(Cl)c1OC. The maximum absolute atomic E-state index is 11.6. The predicted octanol–water partition coefficient (Wildman–Crippen LogP) is 1.98. The van der Waals surface area contributed by atoms with Crippen molar-refractivity contribution in [2.75, 3.05) is 14.2 Å². The van der Waals surface area contributed by atoms with Crippen LogP contribution in [0.2, 0.25) is 5.02 Å². The molecule has 2 aromatic rings. The number of nitriles is 1. The van der Waals surface area contributed by atoms with E-state index in [2.05, 4.69) is 9.97 Å². The van der Waals surface area contributed by atoms with Crippen LogP contribution in [0, 0.1) is 11.3 Å². The molecule has 0 atom stereocenters. The Balaban J connectivity index is 2.59. The first-order valence-electron chi connectivity index (χ1n) is 5.52. The van der Waals surface area contributed by atoms with Gasteiger partial charge < -0.3 is 14.5 Å². The van der Waals surface area contributed by atoms with Gasteiger partial charge in [-0.15, -0.1) is 0 Å². The van der Waals surface area contributed by atoms with E-state index >= 15 is 0 Å². The van der Waals surface area contributed by atoms with Crippen molar-refractivity contribution >= 4 is 11.6 Å². The van der Waals surface area contributed by atoms with Crippen LogP contribution >= 0.6 is 11.6 Å². The Kier molecular flexibility index (Phi) is 3.91. The number of halogens is 1. The highest BCUT2D eigenvalue weighted by atomic mass is 35.5. The van der Waals surface area contributed by atoms with Crippen molar-refractivity contribution in [1.82, 2.24) is 9.97 Å². The molecular formula is C13H10ClN3O3. The summed E-state index contributed by atoms with van der Waals surface area (Å²) in [5, 5.41) is 9.03. The largest absolute Gasteiger partial charge is 0.493 e. The highest BCUT2D eigenvalue weighted by Gasteiger charge is 2.13. The molecule has 20 heavy (non-hydrogen) atoms. The Morgan fingerprint density at radius 2 is 2.10 bits per heavy atom. The smallest absolute Gasteiger partial charge is 0.269 e. The predicted molar refractivity (Wildman–Crippen MR) is 73.1 cm³/mol. The second-order valence-corrected chi connectivity index (χ2v) is 4.19. The molecule has 0 fully saturated rings. The maximum atomic E-state index is 11.6. The molecule has 0 amide bonds. The minimum absolute atomic E-state index is 0.0553. The second-order valence-electron chi connectivity index (χ2n) is 3.78. The van der Waals surface area contributed by atoms with Crippen LogP contribution < -0.4 is 15.0 Å². The van der Waals surface area contributed by atoms with Crippen molar-refractivity contribution in [3.05, 3.63) is 39.3 Å². The van der Waals surface area contributed by atoms with Crippen molar-refractivity contribution in [3.8, 4) is 29.0 Å². The summed E-state index contributed by atoms with van der Waals surface area (Å²) < 4.78 is 10.3. The molecule has 0 aliphatic carbocycles. The summed E-state index contributed by atoms with van der Waals surface area (Å²) in [6.45, 7) is 0. The second kappa shape index (κ2) is 5.63. The average Bonchev–Trinajstić information content (AvgIpc) is 2.46. The van der Waals surface area contributed by atoms with Gasteiger partial charge in [0, 0.05) is 5.56 Å². The number of aromatic nitrogens is 2. The van der Waals surface area contributed by atoms with Crippen LogP contribution in [0.4, 0.5) is 0 Å². The van der Waals surface area contributed by atoms with Gasteiger partial charge in [-0.3, -0.25) is 4.79 Å². The van der Waals surface area contributed by atoms with Crippen LogP contribution in [0.15, 0.2) is 23.1 Å². The van der Waals surface area contributed by atoms with E-state index in [0.29, 0.717) is 22.1 Å². The summed E-state index contributed by atoms with van der Waals surface area (Å²) in [4.78, 5) is 18.1. The number of aromatic amines is 1. The lowest BCUT2D eigenvalue weighted by Crippen LogP contribution is -2.12. The molecule has 0 unspecified atom stereocenters. The first-order valence-corrected chi connectivity index (χ1v) is 5.89. The van der Waals surface area contributed by atoms with E-state index in [1.807, 2.05) is 0 Å². The van der Waals surface area contributed by atoms with Gasteiger partial charge in [0.2, 0.25) is 0 Å². The van der Waals surface area contributed by atoms with E-state index in [1.54, 1.807) is 18.2 Å². The summed E-state index contributed by atoms with van der Waals surface area (Å²) in [5.41, 5.74) is -0.0158. The average molecular weight is 292 g/mol. The molecule has 0 spiro atoms. The van der Waals surface area contributed by atoms with Crippen LogP contribution in [0.25, 0.3) is 11.4 Å². The van der Waals surface area contributed by atoms with Gasteiger partial charge in [0.05, 0.1) is 25.4 Å². The summed E-state index contributed by atoms with van der Waals surface area (Å²) >= 11 is 6.08. The minimum atomic E-state index is -0.511. The number of ether oxygens (including phenoxy) is 2. The number of rotatable bonds is 3. The van der Waals surface area contributed by atoms with E-state index < -0.39 is 5.56 Å². The fraction of sp³-hybridized carbons (Fsp3) is 0.154. The van der Waals surface area contributed by atoms with Crippen molar-refractivity contribution in [3.63, 3.8) is 0 Å². The highest BCUT2D eigenvalue weighted by Crippen LogP contribution is 2.38. The van der Waals surface area contributed by atoms with Crippen LogP contribution in [0.1, 0.15) is 5.56 Å². The van der Waals surface area contributed by atoms with Crippen molar-refractivity contribution in [1.29, 1.82) is 5.26 Å². The van der Waals surface area contributed by atoms with Gasteiger partial charge in [0.1, 0.15) is 17.5 Å². The zero-order valence-corrected chi connectivity index (χ0v) is 11.5. The van der Waals surface area contributed by atoms with Gasteiger partial charge in [-0.05, 0) is 12.1 Å². The Bertz CT molecular complexity index is 750. The molecule has 102 valence electrons. The van der Waals surface area contributed by atoms with Crippen LogP contribution in [0.3, 0.4) is 0 Å². The third-order valence-corrected chi connectivity index (χ3v) is 2.91. The molecule has 6 nitrogen and oxygen atoms in total. The Morgan fingerprint density at radius 3 is 2.65 bits per heavy atom. The van der Waals surface area contributed by atoms with Gasteiger partial charge in [0.15, 0.2) is 11.5 Å². The van der Waals surface area contributed by atoms with Crippen molar-refractivity contribution in [2.45, 2.75) is 0 Å². The number of hydrogen-bond acceptors (Lipinski definition) is 5. The lowest BCUT2D eigenvalue weighted by molar-refractivity contribution is 0.355. The number of nitrogens with zero attached hydrogens (tertiary/aromatic N) is 2. The first-order chi connectivity index (χ1) is 9.60. The molecule has 0 saturated heterocycles. The number of nitrogens with one attached hydrogen (secondary N) is 1. The molecule has 0 aliphatic rings. The fourth-order valence-electron chi connectivity index (χ4n) is 1.68. The van der Waals surface area contributed by atoms with Gasteiger partial charge in [0.25, 0.3) is 5.56 Å². The normalized spacial score (nSPS) is 9.90. The Hall–Kier alpha value is -2.52. The molecule has 0 bridgehead atoms. The molecule has 0 saturated carbocycles. The summed E-state index contributed by atoms with van der Waals surface area (Å²) in [5.74, 6) is 1.10. The lowest BCUT2D eigenvalue weighted by Gasteiger charge is -2.11. The van der Waals surface area contributed by atoms with Gasteiger partial charge in [-0.2, -0.15) is 5.26 Å². The molecule has 1 N–H and O–H groups in total. The minimum Gasteiger partial charge on any atom is -0.493 e. The Morgan fingerprint density at radius 1 is 1.35 bits per heavy atom. The topological polar surface area (TPSA) is 88.0 Å². The van der Waals surface area contributed by atoms with E-state index in [-0.39, 0.29) is 11.4 Å². The third kappa shape index (κ3) is 2.44. The molecule has 0 radical (unpaired) electrons. The van der Waals surface area contributed by atoms with Crippen LogP contribution in [-0.4, -0.2) is 24.2 Å². The van der Waals surface area contributed by atoms with E-state index in [0.717, 1.165) is 0 Å². The standard InChI is InChI=1S/C13H10ClN3O3/c1-19-10-4-7(3-9(14)11(10)20-2)12-16-6-8(5-15)13(18)17-12/h3-4,6H,1-2H3,(H,16,17,18). The zero-order chi connectivity index (χ0) is 14.7. The van der Waals surface area contributed by atoms with Crippen LogP contribution in [-0.2, 0) is 0 Å². The van der Waals surface area contributed by atoms with Gasteiger partial charge >= 0.3 is 0 Å². The molecular weight excluding hydrogens is 282 g/mol. The van der Waals surface area contributed by atoms with Crippen molar-refractivity contribution < 1.29 is 9.47 Å². The summed E-state index contributed by atoms with van der Waals surface area (Å²) in [6.07, 6.45) is 1.21. The van der Waals surface area contributed by atoms with E-state index in [4.69, 9.17) is 26.3 Å². The molecule has 7 heteroatoms. The number of H-pyrrole nitrogens is 1. The number of hydrogen-bond donors (Lipinski definition) is 1. The molecule has 0 aliphatic heterocycles. The third-order valence-electron chi connectivity index (χ3n) is 2.63.